The van der Waals surface area contributed by atoms with E-state index in [9.17, 15) is 22.8 Å². The van der Waals surface area contributed by atoms with Gasteiger partial charge in [0.2, 0.25) is 15.9 Å². The van der Waals surface area contributed by atoms with Crippen LogP contribution < -0.4 is 5.32 Å². The van der Waals surface area contributed by atoms with Crippen molar-refractivity contribution >= 4 is 27.8 Å². The normalized spacial score (nSPS) is 13.5. The Morgan fingerprint density at radius 1 is 1.03 bits per heavy atom. The van der Waals surface area contributed by atoms with Gasteiger partial charge in [0.15, 0.2) is 0 Å². The van der Waals surface area contributed by atoms with Crippen LogP contribution in [0.3, 0.4) is 0 Å². The fourth-order valence-corrected chi connectivity index (χ4v) is 4.93. The molecule has 0 aliphatic carbocycles. The van der Waals surface area contributed by atoms with Gasteiger partial charge in [-0.25, -0.2) is 8.42 Å². The van der Waals surface area contributed by atoms with E-state index in [0.717, 1.165) is 0 Å². The minimum absolute atomic E-state index is 0.0216. The van der Waals surface area contributed by atoms with Gasteiger partial charge in [0.05, 0.1) is 17.9 Å². The van der Waals surface area contributed by atoms with Gasteiger partial charge in [-0.1, -0.05) is 40.7 Å². The van der Waals surface area contributed by atoms with Gasteiger partial charge in [-0.3, -0.25) is 14.4 Å². The lowest BCUT2D eigenvalue weighted by Crippen LogP contribution is -2.52. The first-order valence-electron chi connectivity index (χ1n) is 11.2. The molecular weight excluding hydrogens is 446 g/mol. The van der Waals surface area contributed by atoms with Crippen molar-refractivity contribution in [3.05, 3.63) is 29.8 Å². The molecule has 1 rings (SSSR count). The molecule has 0 heterocycles. The van der Waals surface area contributed by atoms with Crippen LogP contribution in [-0.2, 0) is 24.3 Å². The second-order valence-corrected chi connectivity index (χ2v) is 10.1. The van der Waals surface area contributed by atoms with Crippen LogP contribution in [0.4, 0.5) is 0 Å². The summed E-state index contributed by atoms with van der Waals surface area (Å²) >= 11 is 0. The maximum Gasteiger partial charge on any atom is 0.310 e. The van der Waals surface area contributed by atoms with E-state index in [1.807, 2.05) is 13.8 Å². The molecule has 2 unspecified atom stereocenters. The first-order chi connectivity index (χ1) is 15.4. The van der Waals surface area contributed by atoms with E-state index in [-0.39, 0.29) is 28.8 Å². The van der Waals surface area contributed by atoms with E-state index in [0.29, 0.717) is 19.6 Å². The van der Waals surface area contributed by atoms with Gasteiger partial charge in [0, 0.05) is 31.7 Å². The number of sulfonamides is 1. The van der Waals surface area contributed by atoms with Crippen LogP contribution >= 0.6 is 0 Å². The molecule has 0 aliphatic rings. The zero-order valence-electron chi connectivity index (χ0n) is 20.6. The van der Waals surface area contributed by atoms with E-state index in [1.54, 1.807) is 27.7 Å². The summed E-state index contributed by atoms with van der Waals surface area (Å²) in [4.78, 5) is 39.5. The predicted molar refractivity (Wildman–Crippen MR) is 126 cm³/mol. The molecule has 0 saturated carbocycles. The van der Waals surface area contributed by atoms with Crippen molar-refractivity contribution in [3.8, 4) is 0 Å². The summed E-state index contributed by atoms with van der Waals surface area (Å²) in [5, 5.41) is 2.74. The number of ether oxygens (including phenoxy) is 1. The Bertz CT molecular complexity index is 928. The number of carbonyl (C=O) groups is 3. The molecule has 0 aromatic heterocycles. The van der Waals surface area contributed by atoms with Gasteiger partial charge < -0.3 is 15.0 Å². The van der Waals surface area contributed by atoms with Crippen LogP contribution in [0.25, 0.3) is 0 Å². The second-order valence-electron chi connectivity index (χ2n) is 8.11. The topological polar surface area (TPSA) is 113 Å². The Labute approximate surface area is 197 Å². The van der Waals surface area contributed by atoms with E-state index in [1.165, 1.54) is 40.6 Å². The van der Waals surface area contributed by atoms with Crippen LogP contribution in [0.15, 0.2) is 29.2 Å². The highest BCUT2D eigenvalue weighted by atomic mass is 32.2. The Kier molecular flexibility index (Phi) is 11.0. The lowest BCUT2D eigenvalue weighted by Gasteiger charge is -2.30. The third-order valence-corrected chi connectivity index (χ3v) is 7.50. The Morgan fingerprint density at radius 3 is 2.12 bits per heavy atom. The molecule has 1 aromatic carbocycles. The summed E-state index contributed by atoms with van der Waals surface area (Å²) < 4.78 is 31.7. The maximum atomic E-state index is 13.2. The molecule has 2 atom stereocenters. The number of benzene rings is 1. The molecule has 1 N–H and O–H groups in total. The standard InChI is InChI=1S/C23H37N3O6S/c1-8-25(15-17(6)23(29)32-7)22(28)20(16(4)5)24-21(27)18-12-11-13-19(14-18)33(30,31)26(9-2)10-3/h11-14,16-17,20H,8-10,15H2,1-7H3,(H,24,27). The van der Waals surface area contributed by atoms with Gasteiger partial charge in [-0.2, -0.15) is 4.31 Å². The number of hydrogen-bond acceptors (Lipinski definition) is 6. The number of nitrogens with one attached hydrogen (secondary N) is 1. The summed E-state index contributed by atoms with van der Waals surface area (Å²) in [6, 6.07) is 4.94. The molecule has 0 bridgehead atoms. The van der Waals surface area contributed by atoms with Crippen molar-refractivity contribution in [3.63, 3.8) is 0 Å². The van der Waals surface area contributed by atoms with Crippen LogP contribution in [0, 0.1) is 11.8 Å². The molecule has 186 valence electrons. The third-order valence-electron chi connectivity index (χ3n) is 5.45. The molecule has 0 aliphatic heterocycles. The number of carbonyl (C=O) groups excluding carboxylic acids is 3. The van der Waals surface area contributed by atoms with Crippen LogP contribution in [0.1, 0.15) is 51.9 Å². The number of hydrogen-bond donors (Lipinski definition) is 1. The average molecular weight is 484 g/mol. The number of rotatable bonds is 12. The van der Waals surface area contributed by atoms with Gasteiger partial charge in [-0.05, 0) is 31.0 Å². The number of methoxy groups -OCH3 is 1. The zero-order valence-corrected chi connectivity index (χ0v) is 21.4. The first-order valence-corrected chi connectivity index (χ1v) is 12.7. The van der Waals surface area contributed by atoms with Crippen molar-refractivity contribution in [2.45, 2.75) is 52.5 Å². The highest BCUT2D eigenvalue weighted by Crippen LogP contribution is 2.18. The van der Waals surface area contributed by atoms with E-state index in [2.05, 4.69) is 5.32 Å². The number of likely N-dealkylation sites (N-methyl/N-ethyl adjacent to an activating group) is 1. The summed E-state index contributed by atoms with van der Waals surface area (Å²) in [5.74, 6) is -2.02. The summed E-state index contributed by atoms with van der Waals surface area (Å²) in [5.41, 5.74) is 0.146. The molecule has 1 aromatic rings. The van der Waals surface area contributed by atoms with Crippen molar-refractivity contribution in [2.75, 3.05) is 33.3 Å². The summed E-state index contributed by atoms with van der Waals surface area (Å²) in [6.07, 6.45) is 0. The summed E-state index contributed by atoms with van der Waals surface area (Å²) in [6.45, 7) is 11.7. The molecule has 0 spiro atoms. The van der Waals surface area contributed by atoms with Crippen molar-refractivity contribution in [2.24, 2.45) is 11.8 Å². The van der Waals surface area contributed by atoms with Crippen molar-refractivity contribution < 1.29 is 27.5 Å². The maximum absolute atomic E-state index is 13.2. The van der Waals surface area contributed by atoms with Gasteiger partial charge in [0.25, 0.3) is 5.91 Å². The van der Waals surface area contributed by atoms with E-state index >= 15 is 0 Å². The molecule has 33 heavy (non-hydrogen) atoms. The van der Waals surface area contributed by atoms with Gasteiger partial charge in [-0.15, -0.1) is 0 Å². The Balaban J connectivity index is 3.13. The Morgan fingerprint density at radius 2 is 1.64 bits per heavy atom. The highest BCUT2D eigenvalue weighted by Gasteiger charge is 2.31. The smallest absolute Gasteiger partial charge is 0.310 e. The molecule has 10 heteroatoms. The fraction of sp³-hybridized carbons (Fsp3) is 0.609. The van der Waals surface area contributed by atoms with Crippen molar-refractivity contribution in [1.82, 2.24) is 14.5 Å². The highest BCUT2D eigenvalue weighted by molar-refractivity contribution is 7.89. The number of amides is 2. The third kappa shape index (κ3) is 7.26. The van der Waals surface area contributed by atoms with E-state index < -0.39 is 33.9 Å². The van der Waals surface area contributed by atoms with Gasteiger partial charge in [0.1, 0.15) is 6.04 Å². The molecule has 2 amide bonds. The molecule has 0 radical (unpaired) electrons. The molecule has 0 saturated heterocycles. The minimum Gasteiger partial charge on any atom is -0.469 e. The van der Waals surface area contributed by atoms with Gasteiger partial charge >= 0.3 is 5.97 Å². The lowest BCUT2D eigenvalue weighted by atomic mass is 10.0. The monoisotopic (exact) mass is 483 g/mol. The average Bonchev–Trinajstić information content (AvgIpc) is 2.80. The minimum atomic E-state index is -3.73. The molecule has 0 fully saturated rings. The quantitative estimate of drug-likeness (QED) is 0.456. The predicted octanol–water partition coefficient (Wildman–Crippen LogP) is 2.13. The molecule has 9 nitrogen and oxygen atoms in total. The largest absolute Gasteiger partial charge is 0.469 e. The molecular formula is C23H37N3O6S. The summed E-state index contributed by atoms with van der Waals surface area (Å²) in [7, 11) is -2.43. The zero-order chi connectivity index (χ0) is 25.3. The lowest BCUT2D eigenvalue weighted by molar-refractivity contribution is -0.146. The fourth-order valence-electron chi connectivity index (χ4n) is 3.43. The Hall–Kier alpha value is -2.46. The van der Waals surface area contributed by atoms with Crippen LogP contribution in [0.5, 0.6) is 0 Å². The number of esters is 1. The van der Waals surface area contributed by atoms with E-state index in [4.69, 9.17) is 4.74 Å². The first kappa shape index (κ1) is 28.6. The van der Waals surface area contributed by atoms with Crippen LogP contribution in [0.2, 0.25) is 0 Å². The number of nitrogens with zero attached hydrogens (tertiary/aromatic N) is 2. The van der Waals surface area contributed by atoms with Crippen molar-refractivity contribution in [1.29, 1.82) is 0 Å². The SMILES string of the molecule is CCN(CC(C)C(=O)OC)C(=O)C(NC(=O)c1cccc(S(=O)(=O)N(CC)CC)c1)C(C)C. The van der Waals surface area contributed by atoms with Crippen LogP contribution in [-0.4, -0.2) is 74.7 Å². The second kappa shape index (κ2) is 12.7.